The van der Waals surface area contributed by atoms with Crippen molar-refractivity contribution in [2.75, 3.05) is 13.1 Å². The molecule has 0 saturated carbocycles. The highest BCUT2D eigenvalue weighted by molar-refractivity contribution is 9.10. The quantitative estimate of drug-likeness (QED) is 0.162. The van der Waals surface area contributed by atoms with E-state index < -0.39 is 57.7 Å². The van der Waals surface area contributed by atoms with Crippen LogP contribution in [0.4, 0.5) is 0 Å². The van der Waals surface area contributed by atoms with Gasteiger partial charge in [0.1, 0.15) is 5.75 Å². The average Bonchev–Trinajstić information content (AvgIpc) is 2.95. The van der Waals surface area contributed by atoms with Gasteiger partial charge in [0.05, 0.1) is 28.4 Å². The highest BCUT2D eigenvalue weighted by Gasteiger charge is 2.52. The molecular formula is C31H33BrN2O9S. The van der Waals surface area contributed by atoms with Crippen LogP contribution in [-0.2, 0) is 45.9 Å². The summed E-state index contributed by atoms with van der Waals surface area (Å²) in [5, 5.41) is 9.84. The first-order valence-electron chi connectivity index (χ1n) is 13.7. The number of esters is 2. The van der Waals surface area contributed by atoms with Crippen LogP contribution in [0.15, 0.2) is 88.2 Å². The number of rotatable bonds is 12. The molecular weight excluding hydrogens is 656 g/mol. The number of hydrogen-bond acceptors (Lipinski definition) is 9. The molecule has 3 aromatic rings. The van der Waals surface area contributed by atoms with Crippen LogP contribution in [-0.4, -0.2) is 60.7 Å². The van der Waals surface area contributed by atoms with Gasteiger partial charge in [-0.3, -0.25) is 4.79 Å². The number of sulfonamides is 1. The van der Waals surface area contributed by atoms with E-state index in [-0.39, 0.29) is 23.5 Å². The topological polar surface area (TPSA) is 163 Å². The maximum absolute atomic E-state index is 13.7. The van der Waals surface area contributed by atoms with Gasteiger partial charge in [0.25, 0.3) is 0 Å². The predicted octanol–water partition coefficient (Wildman–Crippen LogP) is 3.84. The Balaban J connectivity index is 1.54. The van der Waals surface area contributed by atoms with Gasteiger partial charge in [-0.2, -0.15) is 4.31 Å². The first-order valence-corrected chi connectivity index (χ1v) is 15.9. The van der Waals surface area contributed by atoms with E-state index in [2.05, 4.69) is 15.9 Å². The molecule has 1 aliphatic rings. The van der Waals surface area contributed by atoms with E-state index in [1.807, 2.05) is 48.5 Å². The minimum Gasteiger partial charge on any atom is -0.479 e. The molecule has 3 N–H and O–H groups in total. The number of halogens is 1. The first kappa shape index (κ1) is 33.1. The summed E-state index contributed by atoms with van der Waals surface area (Å²) in [6.07, 6.45) is -1.98. The van der Waals surface area contributed by atoms with Gasteiger partial charge in [-0.25, -0.2) is 18.0 Å². The molecule has 44 heavy (non-hydrogen) atoms. The van der Waals surface area contributed by atoms with Crippen molar-refractivity contribution in [3.05, 3.63) is 94.5 Å². The third kappa shape index (κ3) is 6.96. The van der Waals surface area contributed by atoms with Crippen LogP contribution in [0.2, 0.25) is 0 Å². The summed E-state index contributed by atoms with van der Waals surface area (Å²) < 4.78 is 45.8. The SMILES string of the molecule is CC(OC(=O)C(C)C)OC(=O)C(N)(Cc1cccc(S(=O)(=O)N2CC(Oc3ccccc3Br)(c3ccccc3)C2)c1)C(=O)O. The second-order valence-electron chi connectivity index (χ2n) is 10.8. The smallest absolute Gasteiger partial charge is 0.341 e. The molecule has 0 amide bonds. The first-order chi connectivity index (χ1) is 20.7. The summed E-state index contributed by atoms with van der Waals surface area (Å²) in [6.45, 7) is 4.45. The van der Waals surface area contributed by atoms with E-state index in [9.17, 15) is 27.9 Å². The Hall–Kier alpha value is -3.78. The van der Waals surface area contributed by atoms with Crippen LogP contribution in [0.5, 0.6) is 5.75 Å². The number of carbonyl (C=O) groups is 3. The Bertz CT molecular complexity index is 1640. The molecule has 234 valence electrons. The lowest BCUT2D eigenvalue weighted by atomic mass is 9.87. The van der Waals surface area contributed by atoms with Crippen molar-refractivity contribution in [3.63, 3.8) is 0 Å². The van der Waals surface area contributed by atoms with E-state index >= 15 is 0 Å². The van der Waals surface area contributed by atoms with Crippen LogP contribution >= 0.6 is 15.9 Å². The molecule has 0 bridgehead atoms. The lowest BCUT2D eigenvalue weighted by Gasteiger charge is -2.49. The Morgan fingerprint density at radius 1 is 0.977 bits per heavy atom. The lowest BCUT2D eigenvalue weighted by Crippen LogP contribution is -2.64. The molecule has 11 nitrogen and oxygen atoms in total. The number of carboxylic acids is 1. The van der Waals surface area contributed by atoms with Gasteiger partial charge in [-0.15, -0.1) is 0 Å². The summed E-state index contributed by atoms with van der Waals surface area (Å²) in [7, 11) is -4.06. The Kier molecular flexibility index (Phi) is 9.83. The molecule has 0 spiro atoms. The molecule has 1 heterocycles. The van der Waals surface area contributed by atoms with E-state index in [1.165, 1.54) is 35.5 Å². The van der Waals surface area contributed by atoms with Crippen LogP contribution in [0, 0.1) is 5.92 Å². The molecule has 0 radical (unpaired) electrons. The molecule has 1 fully saturated rings. The maximum Gasteiger partial charge on any atom is 0.341 e. The molecule has 4 rings (SSSR count). The molecule has 2 unspecified atom stereocenters. The van der Waals surface area contributed by atoms with Crippen molar-refractivity contribution < 1.29 is 42.1 Å². The molecule has 13 heteroatoms. The summed E-state index contributed by atoms with van der Waals surface area (Å²) in [5.74, 6) is -3.63. The maximum atomic E-state index is 13.7. The number of aliphatic carboxylic acids is 1. The number of nitrogens with zero attached hydrogens (tertiary/aromatic N) is 1. The van der Waals surface area contributed by atoms with E-state index in [4.69, 9.17) is 19.9 Å². The standard InChI is InChI=1S/C31H33BrN2O9S/c1-20(2)27(35)41-21(3)42-29(38)31(33,28(36)37)17-22-10-9-13-24(16-22)44(39,40)34-18-30(19-34,23-11-5-4-6-12-23)43-26-15-8-7-14-25(26)32/h4-16,20-21H,17-19,33H2,1-3H3,(H,36,37). The van der Waals surface area contributed by atoms with Gasteiger partial charge < -0.3 is 25.1 Å². The van der Waals surface area contributed by atoms with Gasteiger partial charge >= 0.3 is 17.9 Å². The normalized spacial score (nSPS) is 16.7. The van der Waals surface area contributed by atoms with Gasteiger partial charge in [0.2, 0.25) is 21.9 Å². The number of benzene rings is 3. The van der Waals surface area contributed by atoms with Gasteiger partial charge in [-0.1, -0.05) is 68.4 Å². The summed E-state index contributed by atoms with van der Waals surface area (Å²) in [4.78, 5) is 36.7. The van der Waals surface area contributed by atoms with Crippen molar-refractivity contribution >= 4 is 43.9 Å². The van der Waals surface area contributed by atoms with Crippen LogP contribution in [0.25, 0.3) is 0 Å². The van der Waals surface area contributed by atoms with Gasteiger partial charge in [0.15, 0.2) is 5.60 Å². The summed E-state index contributed by atoms with van der Waals surface area (Å²) in [5.41, 5.74) is 3.43. The number of para-hydroxylation sites is 1. The molecule has 0 aliphatic carbocycles. The van der Waals surface area contributed by atoms with Crippen molar-refractivity contribution in [2.45, 2.75) is 49.5 Å². The van der Waals surface area contributed by atoms with E-state index in [0.29, 0.717) is 5.75 Å². The Morgan fingerprint density at radius 2 is 1.61 bits per heavy atom. The zero-order valence-electron chi connectivity index (χ0n) is 24.3. The van der Waals surface area contributed by atoms with Crippen molar-refractivity contribution in [3.8, 4) is 5.75 Å². The fraction of sp³-hybridized carbons (Fsp3) is 0.323. The van der Waals surface area contributed by atoms with Crippen molar-refractivity contribution in [1.82, 2.24) is 4.31 Å². The number of hydrogen-bond donors (Lipinski definition) is 2. The van der Waals surface area contributed by atoms with Crippen LogP contribution in [0.3, 0.4) is 0 Å². The largest absolute Gasteiger partial charge is 0.479 e. The third-order valence-corrected chi connectivity index (χ3v) is 9.54. The summed E-state index contributed by atoms with van der Waals surface area (Å²) >= 11 is 3.48. The Morgan fingerprint density at radius 3 is 2.23 bits per heavy atom. The number of nitrogens with two attached hydrogens (primary N) is 1. The minimum absolute atomic E-state index is 0.0141. The summed E-state index contributed by atoms with van der Waals surface area (Å²) in [6, 6.07) is 22.1. The van der Waals surface area contributed by atoms with Crippen molar-refractivity contribution in [1.29, 1.82) is 0 Å². The molecule has 3 aromatic carbocycles. The zero-order valence-corrected chi connectivity index (χ0v) is 26.7. The fourth-order valence-electron chi connectivity index (χ4n) is 4.58. The Labute approximate surface area is 264 Å². The number of carboxylic acid groups (broad SMARTS) is 1. The second kappa shape index (κ2) is 13.1. The van der Waals surface area contributed by atoms with Gasteiger partial charge in [-0.05, 0) is 51.3 Å². The zero-order chi connectivity index (χ0) is 32.3. The predicted molar refractivity (Wildman–Crippen MR) is 163 cm³/mol. The van der Waals surface area contributed by atoms with Crippen molar-refractivity contribution in [2.24, 2.45) is 11.7 Å². The highest BCUT2D eigenvalue weighted by Crippen LogP contribution is 2.41. The van der Waals surface area contributed by atoms with E-state index in [0.717, 1.165) is 10.0 Å². The number of carbonyl (C=O) groups excluding carboxylic acids is 2. The molecule has 1 aliphatic heterocycles. The van der Waals surface area contributed by atoms with Crippen LogP contribution < -0.4 is 10.5 Å². The monoisotopic (exact) mass is 688 g/mol. The minimum atomic E-state index is -4.06. The van der Waals surface area contributed by atoms with Gasteiger partial charge in [0, 0.05) is 13.3 Å². The van der Waals surface area contributed by atoms with E-state index in [1.54, 1.807) is 19.9 Å². The third-order valence-electron chi connectivity index (χ3n) is 7.10. The average molecular weight is 690 g/mol. The number of ether oxygens (including phenoxy) is 3. The molecule has 2 atom stereocenters. The van der Waals surface area contributed by atoms with Crippen LogP contribution in [0.1, 0.15) is 31.9 Å². The lowest BCUT2D eigenvalue weighted by molar-refractivity contribution is -0.192. The fourth-order valence-corrected chi connectivity index (χ4v) is 6.55. The molecule has 0 aromatic heterocycles. The highest BCUT2D eigenvalue weighted by atomic mass is 79.9. The molecule has 1 saturated heterocycles. The second-order valence-corrected chi connectivity index (χ2v) is 13.6.